The number of carboxylic acid groups (broad SMARTS) is 1. The van der Waals surface area contributed by atoms with Crippen LogP contribution in [0, 0.1) is 30.3 Å². The van der Waals surface area contributed by atoms with Crippen LogP contribution in [0.25, 0.3) is 16.6 Å². The fourth-order valence-electron chi connectivity index (χ4n) is 5.13. The summed E-state index contributed by atoms with van der Waals surface area (Å²) >= 11 is 0. The van der Waals surface area contributed by atoms with Gasteiger partial charge in [-0.15, -0.1) is 0 Å². The molecule has 33 heavy (non-hydrogen) atoms. The highest BCUT2D eigenvalue weighted by atomic mass is 19.1. The fraction of sp³-hybridized carbons (Fsp3) is 0.333. The van der Waals surface area contributed by atoms with Crippen molar-refractivity contribution in [3.63, 3.8) is 0 Å². The van der Waals surface area contributed by atoms with Crippen LogP contribution >= 0.6 is 0 Å². The highest BCUT2D eigenvalue weighted by molar-refractivity contribution is 5.95. The number of carboxylic acids is 1. The van der Waals surface area contributed by atoms with Crippen LogP contribution in [0.4, 0.5) is 18.9 Å². The second kappa shape index (κ2) is 7.91. The Kier molecular flexibility index (Phi) is 5.16. The average Bonchev–Trinajstić information content (AvgIpc) is 3.20. The molecule has 1 aromatic heterocycles. The molecule has 3 aromatic rings. The average molecular weight is 457 g/mol. The van der Waals surface area contributed by atoms with E-state index in [1.807, 2.05) is 4.90 Å². The summed E-state index contributed by atoms with van der Waals surface area (Å²) in [4.78, 5) is 26.6. The first-order valence-electron chi connectivity index (χ1n) is 10.8. The molecule has 0 bridgehead atoms. The summed E-state index contributed by atoms with van der Waals surface area (Å²) in [5.41, 5.74) is -1.19. The fourth-order valence-corrected chi connectivity index (χ4v) is 5.13. The first-order valence-corrected chi connectivity index (χ1v) is 10.8. The van der Waals surface area contributed by atoms with Crippen LogP contribution in [0.1, 0.15) is 28.8 Å². The van der Waals surface area contributed by atoms with Crippen molar-refractivity contribution in [2.24, 2.45) is 5.92 Å². The number of aromatic nitrogens is 1. The summed E-state index contributed by atoms with van der Waals surface area (Å²) in [5.74, 6) is -3.48. The number of anilines is 1. The molecule has 0 radical (unpaired) electrons. The molecular formula is C24H22F3N3O3. The van der Waals surface area contributed by atoms with Gasteiger partial charge in [0.25, 0.3) is 0 Å². The zero-order valence-corrected chi connectivity index (χ0v) is 17.9. The molecule has 6 nitrogen and oxygen atoms in total. The second-order valence-electron chi connectivity index (χ2n) is 8.74. The third kappa shape index (κ3) is 3.47. The Bertz CT molecular complexity index is 1340. The normalized spacial score (nSPS) is 20.3. The number of nitrogens with one attached hydrogen (secondary N) is 1. The Labute approximate surface area is 187 Å². The molecule has 0 amide bonds. The molecule has 9 heteroatoms. The van der Waals surface area contributed by atoms with Gasteiger partial charge in [-0.1, -0.05) is 0 Å². The van der Waals surface area contributed by atoms with E-state index in [0.29, 0.717) is 25.1 Å². The van der Waals surface area contributed by atoms with Crippen molar-refractivity contribution in [2.45, 2.75) is 25.8 Å². The molecule has 2 fully saturated rings. The second-order valence-corrected chi connectivity index (χ2v) is 8.74. The van der Waals surface area contributed by atoms with Crippen LogP contribution in [0.3, 0.4) is 0 Å². The van der Waals surface area contributed by atoms with Crippen LogP contribution in [0.5, 0.6) is 0 Å². The van der Waals surface area contributed by atoms with Gasteiger partial charge in [0.2, 0.25) is 5.43 Å². The van der Waals surface area contributed by atoms with E-state index in [-0.39, 0.29) is 33.9 Å². The maximum Gasteiger partial charge on any atom is 0.341 e. The monoisotopic (exact) mass is 457 g/mol. The molecule has 2 saturated heterocycles. The number of hydrogen-bond donors (Lipinski definition) is 2. The van der Waals surface area contributed by atoms with Gasteiger partial charge in [0.05, 0.1) is 22.3 Å². The predicted octanol–water partition coefficient (Wildman–Crippen LogP) is 3.60. The predicted molar refractivity (Wildman–Crippen MR) is 118 cm³/mol. The number of carbonyl (C=O) groups is 1. The molecule has 0 saturated carbocycles. The van der Waals surface area contributed by atoms with Crippen LogP contribution in [-0.2, 0) is 0 Å². The number of pyridine rings is 1. The van der Waals surface area contributed by atoms with Crippen molar-refractivity contribution in [2.75, 3.05) is 24.5 Å². The first-order chi connectivity index (χ1) is 15.8. The summed E-state index contributed by atoms with van der Waals surface area (Å²) < 4.78 is 45.0. The maximum absolute atomic E-state index is 15.6. The lowest BCUT2D eigenvalue weighted by molar-refractivity contribution is 0.0695. The van der Waals surface area contributed by atoms with E-state index in [1.54, 1.807) is 0 Å². The van der Waals surface area contributed by atoms with Crippen LogP contribution in [-0.4, -0.2) is 41.3 Å². The quantitative estimate of drug-likeness (QED) is 0.629. The maximum atomic E-state index is 15.6. The Hall–Kier alpha value is -3.33. The number of aryl methyl sites for hydroxylation is 1. The minimum atomic E-state index is -1.52. The lowest BCUT2D eigenvalue weighted by Crippen LogP contribution is -2.40. The van der Waals surface area contributed by atoms with Crippen molar-refractivity contribution in [1.82, 2.24) is 9.88 Å². The number of halogens is 3. The van der Waals surface area contributed by atoms with Crippen LogP contribution in [0.2, 0.25) is 0 Å². The summed E-state index contributed by atoms with van der Waals surface area (Å²) in [6.45, 7) is 3.56. The van der Waals surface area contributed by atoms with Crippen molar-refractivity contribution in [1.29, 1.82) is 0 Å². The standard InChI is InChI=1S/C24H22F3N3O3/c1-12-21-19(8-20(22(12)27)29-9-13-3-2-6-28-17(13)11-29)30(10-15(23(21)31)24(32)33)18-5-4-14(25)7-16(18)26/h4-5,7-8,10,13,17,28H,2-3,6,9,11H2,1H3,(H,32,33). The number of benzene rings is 2. The van der Waals surface area contributed by atoms with E-state index in [0.717, 1.165) is 37.7 Å². The summed E-state index contributed by atoms with van der Waals surface area (Å²) in [6.07, 6.45) is 3.10. The minimum Gasteiger partial charge on any atom is -0.477 e. The molecule has 0 spiro atoms. The third-order valence-electron chi connectivity index (χ3n) is 6.79. The highest BCUT2D eigenvalue weighted by Gasteiger charge is 2.36. The molecule has 2 aliphatic rings. The van der Waals surface area contributed by atoms with Crippen LogP contribution in [0.15, 0.2) is 35.3 Å². The largest absolute Gasteiger partial charge is 0.477 e. The van der Waals surface area contributed by atoms with Gasteiger partial charge in [-0.25, -0.2) is 18.0 Å². The summed E-state index contributed by atoms with van der Waals surface area (Å²) in [6, 6.07) is 4.57. The molecule has 2 N–H and O–H groups in total. The zero-order chi connectivity index (χ0) is 23.4. The van der Waals surface area contributed by atoms with Gasteiger partial charge >= 0.3 is 5.97 Å². The number of nitrogens with zero attached hydrogens (tertiary/aromatic N) is 2. The topological polar surface area (TPSA) is 74.6 Å². The van der Waals surface area contributed by atoms with Gasteiger partial charge < -0.3 is 19.9 Å². The van der Waals surface area contributed by atoms with E-state index in [1.165, 1.54) is 17.6 Å². The number of aromatic carboxylic acids is 1. The molecule has 3 heterocycles. The Balaban J connectivity index is 1.78. The number of fused-ring (bicyclic) bond motifs is 2. The molecule has 172 valence electrons. The van der Waals surface area contributed by atoms with E-state index in [2.05, 4.69) is 5.32 Å². The van der Waals surface area contributed by atoms with Crippen molar-refractivity contribution in [3.8, 4) is 5.69 Å². The van der Waals surface area contributed by atoms with E-state index in [9.17, 15) is 23.5 Å². The van der Waals surface area contributed by atoms with E-state index >= 15 is 4.39 Å². The molecule has 2 atom stereocenters. The SMILES string of the molecule is Cc1c(F)c(N2CC3CCCNC3C2)cc2c1c(=O)c(C(=O)O)cn2-c1ccc(F)cc1F. The van der Waals surface area contributed by atoms with Gasteiger partial charge in [0.15, 0.2) is 0 Å². The molecule has 2 aromatic carbocycles. The van der Waals surface area contributed by atoms with Crippen LogP contribution < -0.4 is 15.6 Å². The summed E-state index contributed by atoms with van der Waals surface area (Å²) in [7, 11) is 0. The highest BCUT2D eigenvalue weighted by Crippen LogP contribution is 2.35. The lowest BCUT2D eigenvalue weighted by Gasteiger charge is -2.24. The zero-order valence-electron chi connectivity index (χ0n) is 17.9. The molecular weight excluding hydrogens is 435 g/mol. The van der Waals surface area contributed by atoms with Crippen molar-refractivity contribution >= 4 is 22.6 Å². The van der Waals surface area contributed by atoms with Gasteiger partial charge in [-0.05, 0) is 50.4 Å². The Morgan fingerprint density at radius 2 is 1.94 bits per heavy atom. The number of rotatable bonds is 3. The van der Waals surface area contributed by atoms with E-state index in [4.69, 9.17) is 0 Å². The van der Waals surface area contributed by atoms with Crippen molar-refractivity contribution in [3.05, 3.63) is 69.3 Å². The Morgan fingerprint density at radius 1 is 1.15 bits per heavy atom. The van der Waals surface area contributed by atoms with Gasteiger partial charge in [0, 0.05) is 37.0 Å². The lowest BCUT2D eigenvalue weighted by atomic mass is 9.94. The van der Waals surface area contributed by atoms with Crippen molar-refractivity contribution < 1.29 is 23.1 Å². The molecule has 0 aliphatic carbocycles. The third-order valence-corrected chi connectivity index (χ3v) is 6.79. The molecule has 2 aliphatic heterocycles. The Morgan fingerprint density at radius 3 is 2.64 bits per heavy atom. The first kappa shape index (κ1) is 21.5. The minimum absolute atomic E-state index is 0.00491. The van der Waals surface area contributed by atoms with Gasteiger partial charge in [-0.3, -0.25) is 4.79 Å². The van der Waals surface area contributed by atoms with Gasteiger partial charge in [-0.2, -0.15) is 0 Å². The molecule has 2 unspecified atom stereocenters. The number of hydrogen-bond acceptors (Lipinski definition) is 4. The molecule has 5 rings (SSSR count). The number of piperidine rings is 1. The summed E-state index contributed by atoms with van der Waals surface area (Å²) in [5, 5.41) is 12.9. The van der Waals surface area contributed by atoms with E-state index < -0.39 is 34.4 Å². The van der Waals surface area contributed by atoms with Gasteiger partial charge in [0.1, 0.15) is 23.0 Å². The smallest absolute Gasteiger partial charge is 0.341 e.